The maximum absolute atomic E-state index is 15.6. The van der Waals surface area contributed by atoms with Crippen LogP contribution in [0.1, 0.15) is 35.1 Å². The van der Waals surface area contributed by atoms with Gasteiger partial charge < -0.3 is 4.98 Å². The molecule has 0 saturated heterocycles. The molecule has 0 aliphatic heterocycles. The first-order valence-corrected chi connectivity index (χ1v) is 10.7. The van der Waals surface area contributed by atoms with Crippen LogP contribution in [0.15, 0.2) is 55.1 Å². The van der Waals surface area contributed by atoms with E-state index in [1.165, 1.54) is 0 Å². The number of ketones is 1. The monoisotopic (exact) mass is 442 g/mol. The molecule has 4 heterocycles. The summed E-state index contributed by atoms with van der Waals surface area (Å²) in [6, 6.07) is 9.05. The number of rotatable bonds is 6. The first-order chi connectivity index (χ1) is 15.9. The van der Waals surface area contributed by atoms with Gasteiger partial charge in [0.25, 0.3) is 0 Å². The molecule has 5 rings (SSSR count). The predicted molar refractivity (Wildman–Crippen MR) is 124 cm³/mol. The summed E-state index contributed by atoms with van der Waals surface area (Å²) in [4.78, 5) is 20.5. The number of hydrogen-bond acceptors (Lipinski definition) is 4. The molecule has 166 valence electrons. The number of Topliss-reactive ketones (excluding diaryl/α,β-unsaturated/α-hetero) is 1. The average molecular weight is 442 g/mol. The molecule has 0 unspecified atom stereocenters. The molecule has 0 radical (unpaired) electrons. The molecule has 1 N–H and O–H groups in total. The Hall–Kier alpha value is -4.07. The van der Waals surface area contributed by atoms with Crippen molar-refractivity contribution in [2.24, 2.45) is 14.1 Å². The van der Waals surface area contributed by atoms with E-state index in [4.69, 9.17) is 0 Å². The second-order valence-electron chi connectivity index (χ2n) is 8.09. The van der Waals surface area contributed by atoms with Crippen LogP contribution in [-0.4, -0.2) is 35.3 Å². The van der Waals surface area contributed by atoms with Crippen LogP contribution in [0, 0.1) is 5.82 Å². The molecular formula is C25H23FN6O. The number of benzene rings is 1. The van der Waals surface area contributed by atoms with Crippen molar-refractivity contribution in [1.29, 1.82) is 0 Å². The van der Waals surface area contributed by atoms with E-state index in [1.807, 2.05) is 38.4 Å². The number of nitrogens with zero attached hydrogens (tertiary/aromatic N) is 5. The lowest BCUT2D eigenvalue weighted by Gasteiger charge is -2.06. The molecule has 0 amide bonds. The van der Waals surface area contributed by atoms with Gasteiger partial charge in [-0.3, -0.25) is 19.1 Å². The number of aromatic nitrogens is 6. The van der Waals surface area contributed by atoms with Gasteiger partial charge in [0.15, 0.2) is 5.78 Å². The summed E-state index contributed by atoms with van der Waals surface area (Å²) in [5, 5.41) is 9.33. The first kappa shape index (κ1) is 20.8. The molecule has 5 aromatic rings. The summed E-state index contributed by atoms with van der Waals surface area (Å²) in [5.41, 5.74) is 5.06. The molecule has 4 aromatic heterocycles. The Morgan fingerprint density at radius 2 is 1.94 bits per heavy atom. The Balaban J connectivity index is 1.67. The number of carbonyl (C=O) groups excluding carboxylic acids is 1. The number of aryl methyl sites for hydroxylation is 2. The smallest absolute Gasteiger partial charge is 0.164 e. The highest BCUT2D eigenvalue weighted by Gasteiger charge is 2.19. The molecule has 1 aromatic carbocycles. The zero-order chi connectivity index (χ0) is 23.1. The highest BCUT2D eigenvalue weighted by atomic mass is 19.1. The lowest BCUT2D eigenvalue weighted by Crippen LogP contribution is -2.02. The lowest BCUT2D eigenvalue weighted by atomic mass is 10.0. The number of H-pyrrole nitrogens is 1. The van der Waals surface area contributed by atoms with Crippen LogP contribution in [-0.2, 0) is 20.5 Å². The van der Waals surface area contributed by atoms with Gasteiger partial charge in [-0.25, -0.2) is 4.39 Å². The van der Waals surface area contributed by atoms with E-state index >= 15 is 4.39 Å². The van der Waals surface area contributed by atoms with Crippen molar-refractivity contribution in [3.8, 4) is 22.4 Å². The molecule has 33 heavy (non-hydrogen) atoms. The third-order valence-corrected chi connectivity index (χ3v) is 5.79. The molecule has 0 spiro atoms. The van der Waals surface area contributed by atoms with Crippen molar-refractivity contribution < 1.29 is 9.18 Å². The highest BCUT2D eigenvalue weighted by molar-refractivity contribution is 6.08. The number of halogens is 1. The Bertz CT molecular complexity index is 1490. The number of hydrogen-bond donors (Lipinski definition) is 1. The van der Waals surface area contributed by atoms with E-state index < -0.39 is 0 Å². The molecular weight excluding hydrogens is 419 g/mol. The van der Waals surface area contributed by atoms with Gasteiger partial charge in [-0.2, -0.15) is 10.2 Å². The predicted octanol–water partition coefficient (Wildman–Crippen LogP) is 4.69. The third kappa shape index (κ3) is 3.73. The van der Waals surface area contributed by atoms with Crippen molar-refractivity contribution in [1.82, 2.24) is 29.5 Å². The maximum Gasteiger partial charge on any atom is 0.164 e. The van der Waals surface area contributed by atoms with E-state index in [0.29, 0.717) is 40.8 Å². The fourth-order valence-electron chi connectivity index (χ4n) is 4.12. The highest BCUT2D eigenvalue weighted by Crippen LogP contribution is 2.34. The number of carbonyl (C=O) groups is 1. The zero-order valence-corrected chi connectivity index (χ0v) is 18.6. The van der Waals surface area contributed by atoms with E-state index in [-0.39, 0.29) is 11.6 Å². The second-order valence-corrected chi connectivity index (χ2v) is 8.09. The quantitative estimate of drug-likeness (QED) is 0.387. The number of pyridine rings is 1. The molecule has 0 bridgehead atoms. The van der Waals surface area contributed by atoms with Gasteiger partial charge in [-0.05, 0) is 18.2 Å². The minimum atomic E-state index is -0.348. The van der Waals surface area contributed by atoms with Crippen molar-refractivity contribution in [3.05, 3.63) is 77.9 Å². The summed E-state index contributed by atoms with van der Waals surface area (Å²) < 4.78 is 19.0. The molecule has 0 atom stereocenters. The van der Waals surface area contributed by atoms with Crippen LogP contribution in [0.2, 0.25) is 0 Å². The van der Waals surface area contributed by atoms with Crippen molar-refractivity contribution in [3.63, 3.8) is 0 Å². The van der Waals surface area contributed by atoms with Gasteiger partial charge in [0, 0.05) is 78.9 Å². The Morgan fingerprint density at radius 1 is 1.12 bits per heavy atom. The summed E-state index contributed by atoms with van der Waals surface area (Å²) in [6.45, 7) is 1.82. The van der Waals surface area contributed by atoms with Crippen LogP contribution in [0.3, 0.4) is 0 Å². The summed E-state index contributed by atoms with van der Waals surface area (Å²) >= 11 is 0. The Kier molecular flexibility index (Phi) is 5.12. The summed E-state index contributed by atoms with van der Waals surface area (Å²) in [6.07, 6.45) is 7.77. The van der Waals surface area contributed by atoms with Gasteiger partial charge in [0.1, 0.15) is 5.82 Å². The zero-order valence-electron chi connectivity index (χ0n) is 18.6. The summed E-state index contributed by atoms with van der Waals surface area (Å²) in [5.74, 6) is -0.355. The molecule has 7 nitrogen and oxygen atoms in total. The largest absolute Gasteiger partial charge is 0.353 e. The van der Waals surface area contributed by atoms with Gasteiger partial charge in [0.2, 0.25) is 0 Å². The fraction of sp³-hybridized carbons (Fsp3) is 0.200. The number of nitrogens with one attached hydrogen (secondary N) is 1. The Morgan fingerprint density at radius 3 is 2.64 bits per heavy atom. The average Bonchev–Trinajstić information content (AvgIpc) is 3.54. The summed E-state index contributed by atoms with van der Waals surface area (Å²) in [7, 11) is 3.66. The minimum absolute atomic E-state index is 0.00739. The van der Waals surface area contributed by atoms with Gasteiger partial charge in [-0.15, -0.1) is 0 Å². The lowest BCUT2D eigenvalue weighted by molar-refractivity contribution is 0.0989. The molecule has 0 fully saturated rings. The van der Waals surface area contributed by atoms with Gasteiger partial charge in [0.05, 0.1) is 23.1 Å². The van der Waals surface area contributed by atoms with E-state index in [0.717, 1.165) is 22.3 Å². The van der Waals surface area contributed by atoms with Gasteiger partial charge in [-0.1, -0.05) is 19.1 Å². The third-order valence-electron chi connectivity index (χ3n) is 5.79. The fourth-order valence-corrected chi connectivity index (χ4v) is 4.12. The topological polar surface area (TPSA) is 81.4 Å². The van der Waals surface area contributed by atoms with E-state index in [1.54, 1.807) is 47.1 Å². The Labute approximate surface area is 189 Å². The molecule has 8 heteroatoms. The number of aromatic amines is 1. The van der Waals surface area contributed by atoms with Crippen LogP contribution in [0.5, 0.6) is 0 Å². The number of fused-ring (bicyclic) bond motifs is 1. The first-order valence-electron chi connectivity index (χ1n) is 10.7. The van der Waals surface area contributed by atoms with E-state index in [2.05, 4.69) is 20.2 Å². The van der Waals surface area contributed by atoms with Crippen LogP contribution in [0.25, 0.3) is 33.3 Å². The molecule has 0 aliphatic carbocycles. The van der Waals surface area contributed by atoms with Crippen LogP contribution < -0.4 is 0 Å². The van der Waals surface area contributed by atoms with Crippen molar-refractivity contribution >= 4 is 16.7 Å². The van der Waals surface area contributed by atoms with Crippen LogP contribution in [0.4, 0.5) is 4.39 Å². The standard InChI is InChI=1S/C25H23FN6O/c1-4-23(33)20-13-27-22(10-16-8-9-31(2)30-16)25-19(20)11-21(29-25)18-7-5-6-17(24(18)26)15-12-28-32(3)14-15/h5-9,11-14,29H,4,10H2,1-3H3. The molecule has 0 saturated carbocycles. The minimum Gasteiger partial charge on any atom is -0.353 e. The van der Waals surface area contributed by atoms with Crippen LogP contribution >= 0.6 is 0 Å². The van der Waals surface area contributed by atoms with Gasteiger partial charge >= 0.3 is 0 Å². The SMILES string of the molecule is CCC(=O)c1cnc(Cc2ccn(C)n2)c2[nH]c(-c3cccc(-c4cnn(C)c4)c3F)cc12. The van der Waals surface area contributed by atoms with Crippen molar-refractivity contribution in [2.45, 2.75) is 19.8 Å². The van der Waals surface area contributed by atoms with E-state index in [9.17, 15) is 4.79 Å². The van der Waals surface area contributed by atoms with Crippen molar-refractivity contribution in [2.75, 3.05) is 0 Å². The second kappa shape index (κ2) is 8.12. The normalized spacial score (nSPS) is 11.4. The maximum atomic E-state index is 15.6. The molecule has 0 aliphatic rings.